The summed E-state index contributed by atoms with van der Waals surface area (Å²) in [4.78, 5) is 2.39. The van der Waals surface area contributed by atoms with Crippen LogP contribution in [-0.2, 0) is 6.54 Å². The number of halogens is 1. The monoisotopic (exact) mass is 236 g/mol. The normalized spacial score (nSPS) is 26.1. The van der Waals surface area contributed by atoms with Gasteiger partial charge in [0, 0.05) is 18.6 Å². The van der Waals surface area contributed by atoms with Crippen molar-refractivity contribution in [1.82, 2.24) is 10.2 Å². The van der Waals surface area contributed by atoms with Crippen molar-refractivity contribution in [2.75, 3.05) is 13.6 Å². The topological polar surface area (TPSA) is 15.3 Å². The molecule has 3 heteroatoms. The zero-order chi connectivity index (χ0) is 12.3. The van der Waals surface area contributed by atoms with Gasteiger partial charge in [0.25, 0.3) is 0 Å². The van der Waals surface area contributed by atoms with Gasteiger partial charge in [-0.1, -0.05) is 12.1 Å². The highest BCUT2D eigenvalue weighted by molar-refractivity contribution is 5.16. The predicted octanol–water partition coefficient (Wildman–Crippen LogP) is 2.40. The number of benzene rings is 1. The Bertz CT molecular complexity index is 367. The van der Waals surface area contributed by atoms with Gasteiger partial charge in [0.1, 0.15) is 5.82 Å². The van der Waals surface area contributed by atoms with Gasteiger partial charge in [-0.2, -0.15) is 0 Å². The molecule has 2 rings (SSSR count). The van der Waals surface area contributed by atoms with Gasteiger partial charge in [0.2, 0.25) is 0 Å². The van der Waals surface area contributed by atoms with Gasteiger partial charge >= 0.3 is 0 Å². The van der Waals surface area contributed by atoms with Crippen LogP contribution < -0.4 is 5.32 Å². The second-order valence-electron chi connectivity index (χ2n) is 5.06. The largest absolute Gasteiger partial charge is 0.310 e. The number of likely N-dealkylation sites (tertiary alicyclic amines) is 1. The Kier molecular flexibility index (Phi) is 4.13. The van der Waals surface area contributed by atoms with E-state index in [4.69, 9.17) is 0 Å². The number of rotatable bonds is 3. The molecule has 0 aliphatic carbocycles. The molecule has 1 heterocycles. The van der Waals surface area contributed by atoms with E-state index in [1.807, 2.05) is 6.07 Å². The molecule has 2 atom stereocenters. The summed E-state index contributed by atoms with van der Waals surface area (Å²) in [7, 11) is 2.17. The minimum absolute atomic E-state index is 0.152. The first-order valence-electron chi connectivity index (χ1n) is 6.33. The summed E-state index contributed by atoms with van der Waals surface area (Å²) in [6.07, 6.45) is 2.35. The van der Waals surface area contributed by atoms with Gasteiger partial charge in [-0.05, 0) is 51.1 Å². The van der Waals surface area contributed by atoms with E-state index in [9.17, 15) is 4.39 Å². The molecule has 1 N–H and O–H groups in total. The van der Waals surface area contributed by atoms with Crippen LogP contribution in [0.1, 0.15) is 25.3 Å². The van der Waals surface area contributed by atoms with Crippen molar-refractivity contribution in [3.63, 3.8) is 0 Å². The van der Waals surface area contributed by atoms with Gasteiger partial charge in [0.15, 0.2) is 0 Å². The third-order valence-electron chi connectivity index (χ3n) is 3.69. The zero-order valence-corrected chi connectivity index (χ0v) is 10.6. The fraction of sp³-hybridized carbons (Fsp3) is 0.571. The van der Waals surface area contributed by atoms with E-state index in [2.05, 4.69) is 24.2 Å². The van der Waals surface area contributed by atoms with Gasteiger partial charge < -0.3 is 10.2 Å². The lowest BCUT2D eigenvalue weighted by Crippen LogP contribution is -2.45. The molecule has 1 aromatic carbocycles. The molecule has 0 bridgehead atoms. The zero-order valence-electron chi connectivity index (χ0n) is 10.6. The Balaban J connectivity index is 1.82. The Morgan fingerprint density at radius 3 is 3.00 bits per heavy atom. The fourth-order valence-electron chi connectivity index (χ4n) is 2.38. The summed E-state index contributed by atoms with van der Waals surface area (Å²) in [6, 6.07) is 8.02. The van der Waals surface area contributed by atoms with Crippen LogP contribution in [0.5, 0.6) is 0 Å². The van der Waals surface area contributed by atoms with Crippen LogP contribution >= 0.6 is 0 Å². The first kappa shape index (κ1) is 12.5. The standard InChI is InChI=1S/C14H21FN2/c1-11-8-14(6-7-17(11)2)16-10-12-4-3-5-13(15)9-12/h3-5,9,11,14,16H,6-8,10H2,1-2H3. The molecule has 0 amide bonds. The van der Waals surface area contributed by atoms with E-state index in [0.717, 1.165) is 18.7 Å². The molecule has 2 unspecified atom stereocenters. The molecule has 1 saturated heterocycles. The smallest absolute Gasteiger partial charge is 0.123 e. The van der Waals surface area contributed by atoms with E-state index in [-0.39, 0.29) is 5.82 Å². The number of hydrogen-bond donors (Lipinski definition) is 1. The molecular formula is C14H21FN2. The Morgan fingerprint density at radius 2 is 2.29 bits per heavy atom. The lowest BCUT2D eigenvalue weighted by atomic mass is 9.99. The van der Waals surface area contributed by atoms with Crippen molar-refractivity contribution in [3.05, 3.63) is 35.6 Å². The summed E-state index contributed by atoms with van der Waals surface area (Å²) in [5, 5.41) is 3.52. The summed E-state index contributed by atoms with van der Waals surface area (Å²) < 4.78 is 13.0. The highest BCUT2D eigenvalue weighted by atomic mass is 19.1. The average Bonchev–Trinajstić information content (AvgIpc) is 2.31. The number of hydrogen-bond acceptors (Lipinski definition) is 2. The van der Waals surface area contributed by atoms with Crippen LogP contribution in [0.2, 0.25) is 0 Å². The lowest BCUT2D eigenvalue weighted by molar-refractivity contribution is 0.168. The summed E-state index contributed by atoms with van der Waals surface area (Å²) >= 11 is 0. The van der Waals surface area contributed by atoms with Crippen LogP contribution in [0.15, 0.2) is 24.3 Å². The SMILES string of the molecule is CC1CC(NCc2cccc(F)c2)CCN1C. The van der Waals surface area contributed by atoms with E-state index in [0.29, 0.717) is 12.1 Å². The molecule has 2 nitrogen and oxygen atoms in total. The molecule has 17 heavy (non-hydrogen) atoms. The highest BCUT2D eigenvalue weighted by Crippen LogP contribution is 2.15. The Hall–Kier alpha value is -0.930. The number of piperidine rings is 1. The van der Waals surface area contributed by atoms with Gasteiger partial charge in [0.05, 0.1) is 0 Å². The van der Waals surface area contributed by atoms with Gasteiger partial charge in [-0.3, -0.25) is 0 Å². The van der Waals surface area contributed by atoms with Crippen molar-refractivity contribution in [3.8, 4) is 0 Å². The maximum atomic E-state index is 13.0. The maximum Gasteiger partial charge on any atom is 0.123 e. The van der Waals surface area contributed by atoms with Crippen LogP contribution in [0.25, 0.3) is 0 Å². The highest BCUT2D eigenvalue weighted by Gasteiger charge is 2.21. The third kappa shape index (κ3) is 3.51. The molecule has 1 fully saturated rings. The number of nitrogens with zero attached hydrogens (tertiary/aromatic N) is 1. The average molecular weight is 236 g/mol. The second kappa shape index (κ2) is 5.61. The van der Waals surface area contributed by atoms with E-state index >= 15 is 0 Å². The molecule has 0 saturated carbocycles. The van der Waals surface area contributed by atoms with Crippen LogP contribution in [0.4, 0.5) is 4.39 Å². The Morgan fingerprint density at radius 1 is 1.47 bits per heavy atom. The molecule has 1 aliphatic heterocycles. The summed E-state index contributed by atoms with van der Waals surface area (Å²) in [6.45, 7) is 4.16. The molecule has 0 spiro atoms. The summed E-state index contributed by atoms with van der Waals surface area (Å²) in [5.41, 5.74) is 1.02. The molecule has 1 aromatic rings. The van der Waals surface area contributed by atoms with Crippen molar-refractivity contribution in [2.45, 2.75) is 38.4 Å². The maximum absolute atomic E-state index is 13.0. The van der Waals surface area contributed by atoms with Crippen molar-refractivity contribution in [2.24, 2.45) is 0 Å². The van der Waals surface area contributed by atoms with Crippen LogP contribution in [-0.4, -0.2) is 30.6 Å². The fourth-order valence-corrected chi connectivity index (χ4v) is 2.38. The van der Waals surface area contributed by atoms with Crippen molar-refractivity contribution >= 4 is 0 Å². The summed E-state index contributed by atoms with van der Waals surface area (Å²) in [5.74, 6) is -0.152. The van der Waals surface area contributed by atoms with Crippen molar-refractivity contribution in [1.29, 1.82) is 0 Å². The molecular weight excluding hydrogens is 215 g/mol. The van der Waals surface area contributed by atoms with E-state index in [1.54, 1.807) is 12.1 Å². The van der Waals surface area contributed by atoms with Crippen LogP contribution in [0.3, 0.4) is 0 Å². The third-order valence-corrected chi connectivity index (χ3v) is 3.69. The second-order valence-corrected chi connectivity index (χ2v) is 5.06. The van der Waals surface area contributed by atoms with Gasteiger partial charge in [-0.15, -0.1) is 0 Å². The van der Waals surface area contributed by atoms with Crippen molar-refractivity contribution < 1.29 is 4.39 Å². The Labute approximate surface area is 103 Å². The van der Waals surface area contributed by atoms with Gasteiger partial charge in [-0.25, -0.2) is 4.39 Å². The molecule has 0 aromatic heterocycles. The predicted molar refractivity (Wildman–Crippen MR) is 68.4 cm³/mol. The minimum atomic E-state index is -0.152. The first-order valence-corrected chi connectivity index (χ1v) is 6.33. The van der Waals surface area contributed by atoms with E-state index < -0.39 is 0 Å². The molecule has 0 radical (unpaired) electrons. The quantitative estimate of drug-likeness (QED) is 0.867. The molecule has 94 valence electrons. The minimum Gasteiger partial charge on any atom is -0.310 e. The van der Waals surface area contributed by atoms with E-state index in [1.165, 1.54) is 18.9 Å². The first-order chi connectivity index (χ1) is 8.15. The lowest BCUT2D eigenvalue weighted by Gasteiger charge is -2.35. The van der Waals surface area contributed by atoms with Crippen LogP contribution in [0, 0.1) is 5.82 Å². The number of nitrogens with one attached hydrogen (secondary N) is 1. The molecule has 1 aliphatic rings.